The van der Waals surface area contributed by atoms with Crippen LogP contribution in [0.5, 0.6) is 0 Å². The molecule has 0 spiro atoms. The van der Waals surface area contributed by atoms with Crippen LogP contribution in [-0.4, -0.2) is 31.1 Å². The first-order valence-electron chi connectivity index (χ1n) is 5.88. The van der Waals surface area contributed by atoms with Gasteiger partial charge in [-0.2, -0.15) is 23.4 Å². The Morgan fingerprint density at radius 1 is 1.20 bits per heavy atom. The highest BCUT2D eigenvalue weighted by Crippen LogP contribution is 2.20. The zero-order valence-electron chi connectivity index (χ0n) is 10.2. The first kappa shape index (κ1) is 12.6. The largest absolute Gasteiger partial charge is 0.408 e. The Bertz CT molecular complexity index is 728. The second-order valence-electron chi connectivity index (χ2n) is 4.35. The molecule has 8 heteroatoms. The fourth-order valence-electron chi connectivity index (χ4n) is 2.03. The molecule has 3 rings (SSSR count). The van der Waals surface area contributed by atoms with Crippen LogP contribution in [0.25, 0.3) is 10.9 Å². The number of halogens is 3. The van der Waals surface area contributed by atoms with Gasteiger partial charge in [0.2, 0.25) is 0 Å². The van der Waals surface area contributed by atoms with E-state index in [1.807, 2.05) is 24.3 Å². The number of alkyl halides is 3. The highest BCUT2D eigenvalue weighted by atomic mass is 19.4. The van der Waals surface area contributed by atoms with Gasteiger partial charge in [0.1, 0.15) is 18.7 Å². The third-order valence-electron chi connectivity index (χ3n) is 2.90. The Labute approximate surface area is 111 Å². The Balaban J connectivity index is 1.90. The summed E-state index contributed by atoms with van der Waals surface area (Å²) >= 11 is 0. The van der Waals surface area contributed by atoms with Crippen molar-refractivity contribution >= 4 is 10.9 Å². The smallest absolute Gasteiger partial charge is 0.281 e. The van der Waals surface area contributed by atoms with Gasteiger partial charge in [-0.15, -0.1) is 0 Å². The number of H-pyrrole nitrogens is 1. The summed E-state index contributed by atoms with van der Waals surface area (Å²) in [5.74, 6) is 0.247. The van der Waals surface area contributed by atoms with Crippen LogP contribution in [0.15, 0.2) is 30.6 Å². The van der Waals surface area contributed by atoms with Crippen molar-refractivity contribution in [3.8, 4) is 0 Å². The molecule has 0 atom stereocenters. The number of hydrogen-bond acceptors (Lipinski definition) is 3. The van der Waals surface area contributed by atoms with Crippen molar-refractivity contribution < 1.29 is 13.2 Å². The van der Waals surface area contributed by atoms with Crippen LogP contribution >= 0.6 is 0 Å². The average molecular weight is 281 g/mol. The summed E-state index contributed by atoms with van der Waals surface area (Å²) in [6.45, 7) is -1.14. The number of nitrogens with one attached hydrogen (secondary N) is 1. The summed E-state index contributed by atoms with van der Waals surface area (Å²) in [4.78, 5) is 3.89. The fraction of sp³-hybridized carbons (Fsp3) is 0.250. The Kier molecular flexibility index (Phi) is 2.92. The molecule has 5 nitrogen and oxygen atoms in total. The summed E-state index contributed by atoms with van der Waals surface area (Å²) in [5.41, 5.74) is 1.49. The molecule has 0 fully saturated rings. The van der Waals surface area contributed by atoms with Gasteiger partial charge < -0.3 is 0 Å². The molecule has 3 aromatic rings. The average Bonchev–Trinajstić information content (AvgIpc) is 2.97. The third-order valence-corrected chi connectivity index (χ3v) is 2.90. The molecule has 0 saturated carbocycles. The molecule has 1 N–H and O–H groups in total. The van der Waals surface area contributed by atoms with Crippen LogP contribution in [-0.2, 0) is 13.0 Å². The van der Waals surface area contributed by atoms with Gasteiger partial charge >= 0.3 is 6.18 Å². The van der Waals surface area contributed by atoms with Gasteiger partial charge in [0.15, 0.2) is 0 Å². The molecule has 0 saturated heterocycles. The van der Waals surface area contributed by atoms with Crippen LogP contribution in [0.2, 0.25) is 0 Å². The second kappa shape index (κ2) is 4.62. The van der Waals surface area contributed by atoms with Crippen molar-refractivity contribution in [2.45, 2.75) is 19.1 Å². The standard InChI is InChI=1S/C12H10F3N5/c13-12(14,15)6-20-11(16-7-17-20)5-10-8-3-1-2-4-9(8)18-19-10/h1-4,7H,5-6H2,(H,18,19). The van der Waals surface area contributed by atoms with Crippen molar-refractivity contribution in [1.82, 2.24) is 25.0 Å². The summed E-state index contributed by atoms with van der Waals surface area (Å²) < 4.78 is 38.1. The van der Waals surface area contributed by atoms with Gasteiger partial charge in [-0.3, -0.25) is 5.10 Å². The van der Waals surface area contributed by atoms with Gasteiger partial charge in [0.05, 0.1) is 11.2 Å². The van der Waals surface area contributed by atoms with Gasteiger partial charge in [-0.05, 0) is 6.07 Å². The maximum atomic E-state index is 12.4. The van der Waals surface area contributed by atoms with Crippen molar-refractivity contribution in [3.05, 3.63) is 42.1 Å². The minimum atomic E-state index is -4.32. The summed E-state index contributed by atoms with van der Waals surface area (Å²) in [6.07, 6.45) is -2.98. The predicted molar refractivity (Wildman–Crippen MR) is 65.0 cm³/mol. The van der Waals surface area contributed by atoms with E-state index in [-0.39, 0.29) is 12.2 Å². The van der Waals surface area contributed by atoms with Crippen LogP contribution in [0.4, 0.5) is 13.2 Å². The molecule has 20 heavy (non-hydrogen) atoms. The first-order valence-corrected chi connectivity index (χ1v) is 5.88. The number of aromatic nitrogens is 5. The zero-order valence-corrected chi connectivity index (χ0v) is 10.2. The zero-order chi connectivity index (χ0) is 14.2. The van der Waals surface area contributed by atoms with E-state index in [2.05, 4.69) is 20.3 Å². The molecule has 1 aromatic carbocycles. The Hall–Kier alpha value is -2.38. The van der Waals surface area contributed by atoms with E-state index in [1.54, 1.807) is 0 Å². The summed E-state index contributed by atoms with van der Waals surface area (Å²) in [7, 11) is 0. The van der Waals surface area contributed by atoms with E-state index in [4.69, 9.17) is 0 Å². The molecule has 2 aromatic heterocycles. The molecular formula is C12H10F3N5. The predicted octanol–water partition coefficient (Wildman–Crippen LogP) is 2.31. The molecule has 0 aliphatic rings. The minimum absolute atomic E-state index is 0.219. The Morgan fingerprint density at radius 3 is 2.80 bits per heavy atom. The molecule has 0 aliphatic heterocycles. The van der Waals surface area contributed by atoms with Crippen molar-refractivity contribution in [3.63, 3.8) is 0 Å². The van der Waals surface area contributed by atoms with Gasteiger partial charge in [0, 0.05) is 11.8 Å². The first-order chi connectivity index (χ1) is 9.53. The number of benzene rings is 1. The number of aromatic amines is 1. The van der Waals surface area contributed by atoms with Crippen LogP contribution < -0.4 is 0 Å². The van der Waals surface area contributed by atoms with Gasteiger partial charge in [-0.1, -0.05) is 18.2 Å². The van der Waals surface area contributed by atoms with E-state index in [0.29, 0.717) is 0 Å². The van der Waals surface area contributed by atoms with Crippen LogP contribution in [0.3, 0.4) is 0 Å². The van der Waals surface area contributed by atoms with Crippen LogP contribution in [0.1, 0.15) is 11.5 Å². The monoisotopic (exact) mass is 281 g/mol. The molecule has 2 heterocycles. The van der Waals surface area contributed by atoms with Crippen LogP contribution in [0, 0.1) is 0 Å². The lowest BCUT2D eigenvalue weighted by atomic mass is 10.1. The maximum Gasteiger partial charge on any atom is 0.408 e. The summed E-state index contributed by atoms with van der Waals surface area (Å²) in [6, 6.07) is 7.38. The van der Waals surface area contributed by atoms with E-state index in [0.717, 1.165) is 27.6 Å². The van der Waals surface area contributed by atoms with E-state index < -0.39 is 12.7 Å². The highest BCUT2D eigenvalue weighted by molar-refractivity contribution is 5.81. The topological polar surface area (TPSA) is 59.4 Å². The molecular weight excluding hydrogens is 271 g/mol. The highest BCUT2D eigenvalue weighted by Gasteiger charge is 2.29. The normalized spacial score (nSPS) is 12.2. The lowest BCUT2D eigenvalue weighted by molar-refractivity contribution is -0.143. The van der Waals surface area contributed by atoms with E-state index in [9.17, 15) is 13.2 Å². The SMILES string of the molecule is FC(F)(F)Cn1ncnc1Cc1[nH]nc2ccccc12. The minimum Gasteiger partial charge on any atom is -0.281 e. The van der Waals surface area contributed by atoms with Crippen molar-refractivity contribution in [1.29, 1.82) is 0 Å². The van der Waals surface area contributed by atoms with E-state index >= 15 is 0 Å². The Morgan fingerprint density at radius 2 is 2.00 bits per heavy atom. The molecule has 104 valence electrons. The number of fused-ring (bicyclic) bond motifs is 1. The van der Waals surface area contributed by atoms with Crippen molar-refractivity contribution in [2.24, 2.45) is 0 Å². The maximum absolute atomic E-state index is 12.4. The number of nitrogens with zero attached hydrogens (tertiary/aromatic N) is 4. The number of hydrogen-bond donors (Lipinski definition) is 1. The summed E-state index contributed by atoms with van der Waals surface area (Å²) in [5, 5.41) is 11.4. The molecule has 0 unspecified atom stereocenters. The van der Waals surface area contributed by atoms with Gasteiger partial charge in [0.25, 0.3) is 0 Å². The number of para-hydroxylation sites is 1. The molecule has 0 bridgehead atoms. The van der Waals surface area contributed by atoms with Crippen molar-refractivity contribution in [2.75, 3.05) is 0 Å². The third kappa shape index (κ3) is 2.49. The second-order valence-corrected chi connectivity index (χ2v) is 4.35. The lowest BCUT2D eigenvalue weighted by Crippen LogP contribution is -2.20. The molecule has 0 amide bonds. The quantitative estimate of drug-likeness (QED) is 0.801. The van der Waals surface area contributed by atoms with E-state index in [1.165, 1.54) is 0 Å². The van der Waals surface area contributed by atoms with Gasteiger partial charge in [-0.25, -0.2) is 9.67 Å². The fourth-order valence-corrected chi connectivity index (χ4v) is 2.03. The molecule has 0 radical (unpaired) electrons. The lowest BCUT2D eigenvalue weighted by Gasteiger charge is -2.08. The molecule has 0 aliphatic carbocycles. The number of rotatable bonds is 3.